The number of benzene rings is 1. The van der Waals surface area contributed by atoms with Crippen molar-refractivity contribution in [3.05, 3.63) is 29.1 Å². The van der Waals surface area contributed by atoms with Gasteiger partial charge in [0, 0.05) is 11.6 Å². The molecule has 0 saturated heterocycles. The molecule has 2 nitrogen and oxygen atoms in total. The van der Waals surface area contributed by atoms with Crippen LogP contribution in [0.3, 0.4) is 0 Å². The first kappa shape index (κ1) is 14.3. The number of aryl methyl sites for hydroxylation is 1. The van der Waals surface area contributed by atoms with Gasteiger partial charge in [-0.05, 0) is 50.4 Å². The van der Waals surface area contributed by atoms with Crippen molar-refractivity contribution in [2.24, 2.45) is 5.92 Å². The number of halogens is 1. The van der Waals surface area contributed by atoms with Gasteiger partial charge >= 0.3 is 0 Å². The standard InChI is InChI=1S/C16H24FNO/c1-4-18-12(3)14-10-15(17)11(2)9-16(14)19-8-7-13-5-6-13/h9-10,12-13,18H,4-8H2,1-3H3. The monoisotopic (exact) mass is 265 g/mol. The molecule has 0 amide bonds. The van der Waals surface area contributed by atoms with Crippen molar-refractivity contribution in [1.82, 2.24) is 5.32 Å². The number of rotatable bonds is 7. The van der Waals surface area contributed by atoms with E-state index in [1.54, 1.807) is 13.0 Å². The van der Waals surface area contributed by atoms with Gasteiger partial charge in [0.05, 0.1) is 6.61 Å². The second-order valence-corrected chi connectivity index (χ2v) is 5.50. The van der Waals surface area contributed by atoms with E-state index in [2.05, 4.69) is 12.2 Å². The molecule has 1 unspecified atom stereocenters. The van der Waals surface area contributed by atoms with Gasteiger partial charge in [-0.3, -0.25) is 0 Å². The Morgan fingerprint density at radius 2 is 2.16 bits per heavy atom. The summed E-state index contributed by atoms with van der Waals surface area (Å²) in [5, 5.41) is 3.31. The molecule has 0 radical (unpaired) electrons. The van der Waals surface area contributed by atoms with Gasteiger partial charge in [-0.15, -0.1) is 0 Å². The van der Waals surface area contributed by atoms with Gasteiger partial charge in [-0.25, -0.2) is 4.39 Å². The molecule has 0 spiro atoms. The topological polar surface area (TPSA) is 21.3 Å². The predicted octanol–water partition coefficient (Wildman–Crippen LogP) is 3.98. The van der Waals surface area contributed by atoms with Gasteiger partial charge in [0.15, 0.2) is 0 Å². The molecule has 0 aliphatic heterocycles. The molecular formula is C16H24FNO. The van der Waals surface area contributed by atoms with Gasteiger partial charge in [0.1, 0.15) is 11.6 Å². The Morgan fingerprint density at radius 1 is 1.42 bits per heavy atom. The summed E-state index contributed by atoms with van der Waals surface area (Å²) in [5.74, 6) is 1.53. The van der Waals surface area contributed by atoms with Gasteiger partial charge in [0.25, 0.3) is 0 Å². The highest BCUT2D eigenvalue weighted by molar-refractivity contribution is 5.40. The molecule has 1 fully saturated rings. The van der Waals surface area contributed by atoms with Crippen LogP contribution in [0.2, 0.25) is 0 Å². The molecule has 1 saturated carbocycles. The summed E-state index contributed by atoms with van der Waals surface area (Å²) < 4.78 is 19.6. The SMILES string of the molecule is CCNC(C)c1cc(F)c(C)cc1OCCC1CC1. The molecule has 2 rings (SSSR count). The maximum atomic E-state index is 13.7. The second-order valence-electron chi connectivity index (χ2n) is 5.50. The zero-order valence-electron chi connectivity index (χ0n) is 12.1. The summed E-state index contributed by atoms with van der Waals surface area (Å²) in [6.07, 6.45) is 3.80. The summed E-state index contributed by atoms with van der Waals surface area (Å²) in [6.45, 7) is 7.47. The van der Waals surface area contributed by atoms with Gasteiger partial charge in [0.2, 0.25) is 0 Å². The van der Waals surface area contributed by atoms with Gasteiger partial charge in [-0.2, -0.15) is 0 Å². The van der Waals surface area contributed by atoms with Crippen molar-refractivity contribution in [3.63, 3.8) is 0 Å². The number of hydrogen-bond acceptors (Lipinski definition) is 2. The summed E-state index contributed by atoms with van der Waals surface area (Å²) >= 11 is 0. The van der Waals surface area contributed by atoms with Crippen LogP contribution in [0, 0.1) is 18.7 Å². The zero-order chi connectivity index (χ0) is 13.8. The lowest BCUT2D eigenvalue weighted by molar-refractivity contribution is 0.296. The Labute approximate surface area is 115 Å². The summed E-state index contributed by atoms with van der Waals surface area (Å²) in [7, 11) is 0. The smallest absolute Gasteiger partial charge is 0.126 e. The molecule has 1 atom stereocenters. The molecule has 1 aromatic carbocycles. The van der Waals surface area contributed by atoms with E-state index in [0.29, 0.717) is 5.56 Å². The highest BCUT2D eigenvalue weighted by Gasteiger charge is 2.21. The fraction of sp³-hybridized carbons (Fsp3) is 0.625. The van der Waals surface area contributed by atoms with Gasteiger partial charge < -0.3 is 10.1 Å². The van der Waals surface area contributed by atoms with Crippen LogP contribution in [0.4, 0.5) is 4.39 Å². The number of ether oxygens (including phenoxy) is 1. The Hall–Kier alpha value is -1.09. The van der Waals surface area contributed by atoms with Crippen LogP contribution >= 0.6 is 0 Å². The number of hydrogen-bond donors (Lipinski definition) is 1. The Kier molecular flexibility index (Phi) is 4.81. The van der Waals surface area contributed by atoms with Crippen LogP contribution in [0.5, 0.6) is 5.75 Å². The fourth-order valence-electron chi connectivity index (χ4n) is 2.29. The lowest BCUT2D eigenvalue weighted by atomic mass is 10.0. The van der Waals surface area contributed by atoms with Crippen molar-refractivity contribution in [1.29, 1.82) is 0 Å². The maximum absolute atomic E-state index is 13.7. The highest BCUT2D eigenvalue weighted by atomic mass is 19.1. The van der Waals surface area contributed by atoms with E-state index in [1.165, 1.54) is 12.8 Å². The van der Waals surface area contributed by atoms with Gasteiger partial charge in [-0.1, -0.05) is 19.8 Å². The second kappa shape index (κ2) is 6.38. The van der Waals surface area contributed by atoms with Crippen LogP contribution in [-0.2, 0) is 0 Å². The van der Waals surface area contributed by atoms with Crippen molar-refractivity contribution < 1.29 is 9.13 Å². The molecule has 1 N–H and O–H groups in total. The van der Waals surface area contributed by atoms with Crippen LogP contribution in [0.15, 0.2) is 12.1 Å². The summed E-state index contributed by atoms with van der Waals surface area (Å²) in [6, 6.07) is 3.54. The first-order valence-corrected chi connectivity index (χ1v) is 7.28. The average Bonchev–Trinajstić information content (AvgIpc) is 3.17. The van der Waals surface area contributed by atoms with Crippen molar-refractivity contribution >= 4 is 0 Å². The molecule has 1 aliphatic carbocycles. The first-order chi connectivity index (χ1) is 9.11. The van der Waals surface area contributed by atoms with Crippen LogP contribution in [-0.4, -0.2) is 13.2 Å². The lowest BCUT2D eigenvalue weighted by Crippen LogP contribution is -2.19. The molecule has 3 heteroatoms. The quantitative estimate of drug-likeness (QED) is 0.805. The Bertz CT molecular complexity index is 429. The number of nitrogens with one attached hydrogen (secondary N) is 1. The minimum atomic E-state index is -0.158. The van der Waals surface area contributed by atoms with E-state index in [9.17, 15) is 4.39 Å². The summed E-state index contributed by atoms with van der Waals surface area (Å²) in [5.41, 5.74) is 1.56. The first-order valence-electron chi connectivity index (χ1n) is 7.28. The van der Waals surface area contributed by atoms with Crippen LogP contribution < -0.4 is 10.1 Å². The molecule has 1 aliphatic rings. The van der Waals surface area contributed by atoms with E-state index in [0.717, 1.165) is 36.8 Å². The van der Waals surface area contributed by atoms with Crippen molar-refractivity contribution in [3.8, 4) is 5.75 Å². The average molecular weight is 265 g/mol. The minimum absolute atomic E-state index is 0.107. The third kappa shape index (κ3) is 3.93. The fourth-order valence-corrected chi connectivity index (χ4v) is 2.29. The third-order valence-corrected chi connectivity index (χ3v) is 3.75. The molecule has 0 heterocycles. The van der Waals surface area contributed by atoms with E-state index >= 15 is 0 Å². The summed E-state index contributed by atoms with van der Waals surface area (Å²) in [4.78, 5) is 0. The molecular weight excluding hydrogens is 241 g/mol. The van der Waals surface area contributed by atoms with Crippen LogP contribution in [0.25, 0.3) is 0 Å². The predicted molar refractivity (Wildman–Crippen MR) is 76.1 cm³/mol. The molecule has 106 valence electrons. The largest absolute Gasteiger partial charge is 0.493 e. The minimum Gasteiger partial charge on any atom is -0.493 e. The Balaban J connectivity index is 2.09. The lowest BCUT2D eigenvalue weighted by Gasteiger charge is -2.19. The maximum Gasteiger partial charge on any atom is 0.126 e. The molecule has 0 aromatic heterocycles. The highest BCUT2D eigenvalue weighted by Crippen LogP contribution is 2.33. The molecule has 0 bridgehead atoms. The van der Waals surface area contributed by atoms with Crippen molar-refractivity contribution in [2.45, 2.75) is 46.1 Å². The van der Waals surface area contributed by atoms with Crippen LogP contribution in [0.1, 0.15) is 50.3 Å². The van der Waals surface area contributed by atoms with E-state index in [1.807, 2.05) is 13.0 Å². The normalized spacial score (nSPS) is 16.4. The van der Waals surface area contributed by atoms with Crippen molar-refractivity contribution in [2.75, 3.05) is 13.2 Å². The zero-order valence-corrected chi connectivity index (χ0v) is 12.1. The van der Waals surface area contributed by atoms with E-state index in [-0.39, 0.29) is 11.9 Å². The van der Waals surface area contributed by atoms with E-state index < -0.39 is 0 Å². The Morgan fingerprint density at radius 3 is 2.79 bits per heavy atom. The third-order valence-electron chi connectivity index (χ3n) is 3.75. The molecule has 19 heavy (non-hydrogen) atoms. The molecule has 1 aromatic rings. The van der Waals surface area contributed by atoms with E-state index in [4.69, 9.17) is 4.74 Å².